The van der Waals surface area contributed by atoms with Crippen LogP contribution >= 0.6 is 24.0 Å². The van der Waals surface area contributed by atoms with Crippen molar-refractivity contribution >= 4 is 35.8 Å². The van der Waals surface area contributed by atoms with E-state index in [9.17, 15) is 4.79 Å². The minimum Gasteiger partial charge on any atom is -0.356 e. The van der Waals surface area contributed by atoms with Crippen LogP contribution in [0.15, 0.2) is 89.9 Å². The largest absolute Gasteiger partial charge is 0.356 e. The van der Waals surface area contributed by atoms with E-state index in [1.165, 1.54) is 22.3 Å². The minimum atomic E-state index is 0. The smallest absolute Gasteiger partial charge is 0.223 e. The van der Waals surface area contributed by atoms with Gasteiger partial charge in [-0.05, 0) is 28.7 Å². The van der Waals surface area contributed by atoms with Crippen LogP contribution in [-0.2, 0) is 17.9 Å². The van der Waals surface area contributed by atoms with E-state index in [-0.39, 0.29) is 35.8 Å². The number of aliphatic imine (C=N–C) groups is 1. The third kappa shape index (κ3) is 6.82. The number of carbonyl (C=O) groups excluding carboxylic acids is 1. The van der Waals surface area contributed by atoms with Gasteiger partial charge in [0, 0.05) is 45.6 Å². The van der Waals surface area contributed by atoms with Crippen molar-refractivity contribution in [3.05, 3.63) is 107 Å². The maximum Gasteiger partial charge on any atom is 0.223 e. The van der Waals surface area contributed by atoms with Crippen LogP contribution in [0.25, 0.3) is 0 Å². The van der Waals surface area contributed by atoms with E-state index < -0.39 is 0 Å². The summed E-state index contributed by atoms with van der Waals surface area (Å²) in [5, 5.41) is 6.82. The van der Waals surface area contributed by atoms with E-state index in [4.69, 9.17) is 0 Å². The molecule has 6 heteroatoms. The van der Waals surface area contributed by atoms with Crippen molar-refractivity contribution in [1.82, 2.24) is 15.5 Å². The van der Waals surface area contributed by atoms with Gasteiger partial charge in [-0.2, -0.15) is 0 Å². The van der Waals surface area contributed by atoms with Crippen LogP contribution in [0.1, 0.15) is 41.0 Å². The Morgan fingerprint density at radius 3 is 1.91 bits per heavy atom. The molecule has 3 aromatic rings. The zero-order valence-electron chi connectivity index (χ0n) is 19.6. The van der Waals surface area contributed by atoms with Gasteiger partial charge in [0.2, 0.25) is 5.91 Å². The average Bonchev–Trinajstić information content (AvgIpc) is 3.31. The summed E-state index contributed by atoms with van der Waals surface area (Å²) in [4.78, 5) is 18.9. The van der Waals surface area contributed by atoms with E-state index in [2.05, 4.69) is 76.3 Å². The van der Waals surface area contributed by atoms with Gasteiger partial charge in [0.05, 0.1) is 0 Å². The van der Waals surface area contributed by atoms with Gasteiger partial charge in [-0.15, -0.1) is 24.0 Å². The molecule has 34 heavy (non-hydrogen) atoms. The summed E-state index contributed by atoms with van der Waals surface area (Å²) in [6.45, 7) is 2.89. The van der Waals surface area contributed by atoms with Crippen molar-refractivity contribution in [2.45, 2.75) is 31.8 Å². The first-order valence-corrected chi connectivity index (χ1v) is 11.6. The normalized spacial score (nSPS) is 12.8. The Kier molecular flexibility index (Phi) is 9.94. The molecule has 0 unspecified atom stereocenters. The van der Waals surface area contributed by atoms with Gasteiger partial charge in [-0.1, -0.05) is 84.9 Å². The number of nitrogens with one attached hydrogen (secondary N) is 2. The fraction of sp³-hybridized carbons (Fsp3) is 0.286. The summed E-state index contributed by atoms with van der Waals surface area (Å²) in [5.74, 6) is 1.20. The van der Waals surface area contributed by atoms with Crippen molar-refractivity contribution in [3.8, 4) is 0 Å². The van der Waals surface area contributed by atoms with Gasteiger partial charge in [0.15, 0.2) is 5.96 Å². The molecule has 1 amide bonds. The highest BCUT2D eigenvalue weighted by Crippen LogP contribution is 2.24. The molecule has 5 nitrogen and oxygen atoms in total. The van der Waals surface area contributed by atoms with Crippen LogP contribution in [-0.4, -0.2) is 36.9 Å². The second kappa shape index (κ2) is 13.1. The molecule has 178 valence electrons. The second-order valence-corrected chi connectivity index (χ2v) is 8.38. The molecule has 0 fully saturated rings. The molecule has 4 rings (SSSR count). The van der Waals surface area contributed by atoms with Crippen LogP contribution < -0.4 is 10.6 Å². The fourth-order valence-electron chi connectivity index (χ4n) is 4.33. The molecule has 1 aliphatic rings. The molecule has 0 atom stereocenters. The number of amides is 1. The highest BCUT2D eigenvalue weighted by Gasteiger charge is 2.22. The molecule has 0 bridgehead atoms. The Morgan fingerprint density at radius 1 is 0.853 bits per heavy atom. The van der Waals surface area contributed by atoms with Gasteiger partial charge >= 0.3 is 0 Å². The molecule has 3 aromatic carbocycles. The number of halogens is 1. The van der Waals surface area contributed by atoms with Crippen molar-refractivity contribution in [3.63, 3.8) is 0 Å². The summed E-state index contributed by atoms with van der Waals surface area (Å²) < 4.78 is 0. The van der Waals surface area contributed by atoms with E-state index in [0.717, 1.165) is 32.0 Å². The lowest BCUT2D eigenvalue weighted by molar-refractivity contribution is -0.131. The van der Waals surface area contributed by atoms with Crippen LogP contribution in [0.5, 0.6) is 0 Å². The number of hydrogen-bond acceptors (Lipinski definition) is 2. The number of hydrogen-bond donors (Lipinski definition) is 2. The SMILES string of the molecule is CN=C(NCCCC(=O)N1Cc2ccccc2C1)NCC(c1ccccc1)c1ccccc1.I. The van der Waals surface area contributed by atoms with Gasteiger partial charge in [0.25, 0.3) is 0 Å². The Balaban J connectivity index is 0.00000324. The molecule has 0 aliphatic carbocycles. The Hall–Kier alpha value is -2.87. The van der Waals surface area contributed by atoms with Crippen LogP contribution in [0.3, 0.4) is 0 Å². The molecule has 0 radical (unpaired) electrons. The molecule has 2 N–H and O–H groups in total. The van der Waals surface area contributed by atoms with Crippen molar-refractivity contribution < 1.29 is 4.79 Å². The standard InChI is InChI=1S/C28H32N4O.HI/c1-29-28(30-18-10-17-27(33)32-20-24-15-8-9-16-25(24)21-32)31-19-26(22-11-4-2-5-12-22)23-13-6-3-7-14-23;/h2-9,11-16,26H,10,17-21H2,1H3,(H2,29,30,31);1H. The molecular formula is C28H33IN4O. The van der Waals surface area contributed by atoms with Gasteiger partial charge in [-0.25, -0.2) is 0 Å². The first-order valence-electron chi connectivity index (χ1n) is 11.6. The Morgan fingerprint density at radius 2 is 1.38 bits per heavy atom. The molecule has 0 saturated heterocycles. The predicted molar refractivity (Wildman–Crippen MR) is 149 cm³/mol. The minimum absolute atomic E-state index is 0. The number of benzene rings is 3. The van der Waals surface area contributed by atoms with E-state index in [0.29, 0.717) is 13.0 Å². The number of guanidine groups is 1. The highest BCUT2D eigenvalue weighted by atomic mass is 127. The zero-order chi connectivity index (χ0) is 22.9. The summed E-state index contributed by atoms with van der Waals surface area (Å²) in [6, 6.07) is 29.3. The molecule has 0 spiro atoms. The summed E-state index contributed by atoms with van der Waals surface area (Å²) >= 11 is 0. The maximum absolute atomic E-state index is 12.6. The van der Waals surface area contributed by atoms with Gasteiger partial charge < -0.3 is 15.5 Å². The van der Waals surface area contributed by atoms with E-state index >= 15 is 0 Å². The molecule has 0 aromatic heterocycles. The predicted octanol–water partition coefficient (Wildman–Crippen LogP) is 4.92. The lowest BCUT2D eigenvalue weighted by Crippen LogP contribution is -2.40. The number of rotatable bonds is 8. The Bertz CT molecular complexity index is 1010. The average molecular weight is 569 g/mol. The van der Waals surface area contributed by atoms with E-state index in [1.54, 1.807) is 7.05 Å². The fourth-order valence-corrected chi connectivity index (χ4v) is 4.33. The molecule has 1 aliphatic heterocycles. The molecule has 0 saturated carbocycles. The first kappa shape index (κ1) is 25.7. The zero-order valence-corrected chi connectivity index (χ0v) is 21.9. The van der Waals surface area contributed by atoms with Crippen molar-refractivity contribution in [2.75, 3.05) is 20.1 Å². The van der Waals surface area contributed by atoms with Crippen molar-refractivity contribution in [1.29, 1.82) is 0 Å². The molecule has 1 heterocycles. The topological polar surface area (TPSA) is 56.7 Å². The number of fused-ring (bicyclic) bond motifs is 1. The monoisotopic (exact) mass is 568 g/mol. The summed E-state index contributed by atoms with van der Waals surface area (Å²) in [6.07, 6.45) is 1.31. The quantitative estimate of drug-likeness (QED) is 0.176. The van der Waals surface area contributed by atoms with Crippen molar-refractivity contribution in [2.24, 2.45) is 4.99 Å². The molecular weight excluding hydrogens is 535 g/mol. The van der Waals surface area contributed by atoms with Crippen LogP contribution in [0.4, 0.5) is 0 Å². The lowest BCUT2D eigenvalue weighted by Gasteiger charge is -2.21. The lowest BCUT2D eigenvalue weighted by atomic mass is 9.91. The first-order chi connectivity index (χ1) is 16.2. The van der Waals surface area contributed by atoms with Crippen LogP contribution in [0.2, 0.25) is 0 Å². The number of nitrogens with zero attached hydrogens (tertiary/aromatic N) is 2. The second-order valence-electron chi connectivity index (χ2n) is 8.38. The third-order valence-electron chi connectivity index (χ3n) is 6.15. The maximum atomic E-state index is 12.6. The van der Waals surface area contributed by atoms with E-state index in [1.807, 2.05) is 29.2 Å². The third-order valence-corrected chi connectivity index (χ3v) is 6.15. The summed E-state index contributed by atoms with van der Waals surface area (Å²) in [7, 11) is 1.78. The van der Waals surface area contributed by atoms with Gasteiger partial charge in [-0.3, -0.25) is 9.79 Å². The summed E-state index contributed by atoms with van der Waals surface area (Å²) in [5.41, 5.74) is 5.06. The van der Waals surface area contributed by atoms with Gasteiger partial charge in [0.1, 0.15) is 0 Å². The highest BCUT2D eigenvalue weighted by molar-refractivity contribution is 14.0. The number of carbonyl (C=O) groups is 1. The van der Waals surface area contributed by atoms with Crippen LogP contribution in [0, 0.1) is 0 Å². The Labute approximate surface area is 219 Å².